The van der Waals surface area contributed by atoms with Crippen LogP contribution in [0, 0.1) is 0 Å². The summed E-state index contributed by atoms with van der Waals surface area (Å²) in [6, 6.07) is 3.66. The van der Waals surface area contributed by atoms with Crippen molar-refractivity contribution in [3.63, 3.8) is 0 Å². The van der Waals surface area contributed by atoms with Crippen molar-refractivity contribution in [1.82, 2.24) is 25.0 Å². The number of rotatable bonds is 7. The normalized spacial score (nSPS) is 12.5. The van der Waals surface area contributed by atoms with Gasteiger partial charge in [-0.05, 0) is 18.4 Å². The fourth-order valence-corrected chi connectivity index (χ4v) is 3.23. The number of amides is 1. The van der Waals surface area contributed by atoms with Gasteiger partial charge in [-0.15, -0.1) is 11.3 Å². The van der Waals surface area contributed by atoms with Crippen molar-refractivity contribution in [1.29, 1.82) is 0 Å². The van der Waals surface area contributed by atoms with Crippen molar-refractivity contribution in [3.05, 3.63) is 52.3 Å². The SMILES string of the molecule is CC(C)c1nccn1[C@@H](C)C(=O)NCc1noc(Cc2cccs2)n1. The number of aromatic nitrogens is 4. The topological polar surface area (TPSA) is 85.8 Å². The molecule has 1 amide bonds. The maximum atomic E-state index is 12.4. The molecule has 3 aromatic rings. The summed E-state index contributed by atoms with van der Waals surface area (Å²) in [5, 5.41) is 8.79. The second kappa shape index (κ2) is 7.60. The molecule has 3 rings (SSSR count). The third kappa shape index (κ3) is 4.14. The average molecular weight is 359 g/mol. The van der Waals surface area contributed by atoms with E-state index in [2.05, 4.69) is 34.3 Å². The molecule has 25 heavy (non-hydrogen) atoms. The minimum atomic E-state index is -0.350. The van der Waals surface area contributed by atoms with E-state index in [4.69, 9.17) is 4.52 Å². The third-order valence-electron chi connectivity index (χ3n) is 3.85. The Balaban J connectivity index is 1.57. The van der Waals surface area contributed by atoms with E-state index in [0.717, 1.165) is 10.7 Å². The van der Waals surface area contributed by atoms with Gasteiger partial charge in [-0.2, -0.15) is 4.98 Å². The van der Waals surface area contributed by atoms with Crippen LogP contribution in [-0.2, 0) is 17.8 Å². The van der Waals surface area contributed by atoms with E-state index in [1.54, 1.807) is 17.5 Å². The zero-order valence-corrected chi connectivity index (χ0v) is 15.3. The molecule has 0 spiro atoms. The zero-order chi connectivity index (χ0) is 17.8. The first-order valence-corrected chi connectivity index (χ1v) is 9.07. The van der Waals surface area contributed by atoms with E-state index in [0.29, 0.717) is 18.1 Å². The number of imidazole rings is 1. The molecule has 0 radical (unpaired) electrons. The molecule has 1 N–H and O–H groups in total. The van der Waals surface area contributed by atoms with Gasteiger partial charge >= 0.3 is 0 Å². The Morgan fingerprint density at radius 2 is 2.24 bits per heavy atom. The molecule has 0 unspecified atom stereocenters. The first-order valence-electron chi connectivity index (χ1n) is 8.19. The van der Waals surface area contributed by atoms with Crippen LogP contribution in [0.4, 0.5) is 0 Å². The molecular weight excluding hydrogens is 338 g/mol. The molecule has 8 heteroatoms. The Morgan fingerprint density at radius 3 is 2.96 bits per heavy atom. The second-order valence-electron chi connectivity index (χ2n) is 6.10. The summed E-state index contributed by atoms with van der Waals surface area (Å²) in [4.78, 5) is 22.2. The minimum absolute atomic E-state index is 0.107. The highest BCUT2D eigenvalue weighted by atomic mass is 32.1. The van der Waals surface area contributed by atoms with Crippen molar-refractivity contribution in [2.24, 2.45) is 0 Å². The highest BCUT2D eigenvalue weighted by molar-refractivity contribution is 7.09. The van der Waals surface area contributed by atoms with Crippen LogP contribution in [0.15, 0.2) is 34.4 Å². The average Bonchev–Trinajstić information content (AvgIpc) is 3.33. The van der Waals surface area contributed by atoms with Crippen LogP contribution >= 0.6 is 11.3 Å². The Hall–Kier alpha value is -2.48. The predicted octanol–water partition coefficient (Wildman–Crippen LogP) is 2.92. The minimum Gasteiger partial charge on any atom is -0.347 e. The molecule has 0 saturated heterocycles. The first kappa shape index (κ1) is 17.3. The molecule has 132 valence electrons. The van der Waals surface area contributed by atoms with Crippen molar-refractivity contribution in [2.75, 3.05) is 0 Å². The van der Waals surface area contributed by atoms with Gasteiger partial charge in [-0.25, -0.2) is 4.98 Å². The van der Waals surface area contributed by atoms with Crippen LogP contribution in [-0.4, -0.2) is 25.6 Å². The lowest BCUT2D eigenvalue weighted by atomic mass is 10.2. The van der Waals surface area contributed by atoms with Crippen LogP contribution in [0.25, 0.3) is 0 Å². The van der Waals surface area contributed by atoms with Gasteiger partial charge in [0, 0.05) is 23.2 Å². The molecule has 7 nitrogen and oxygen atoms in total. The molecule has 0 aliphatic heterocycles. The van der Waals surface area contributed by atoms with Gasteiger partial charge in [0.15, 0.2) is 5.82 Å². The lowest BCUT2D eigenvalue weighted by Gasteiger charge is -2.17. The Morgan fingerprint density at radius 1 is 1.40 bits per heavy atom. The van der Waals surface area contributed by atoms with Crippen LogP contribution in [0.1, 0.15) is 55.1 Å². The quantitative estimate of drug-likeness (QED) is 0.701. The van der Waals surface area contributed by atoms with Crippen LogP contribution in [0.3, 0.4) is 0 Å². The van der Waals surface area contributed by atoms with Crippen molar-refractivity contribution in [2.45, 2.75) is 45.7 Å². The standard InChI is InChI=1S/C17H21N5O2S/c1-11(2)16-18-6-7-22(16)12(3)17(23)19-10-14-20-15(24-21-14)9-13-5-4-8-25-13/h4-8,11-12H,9-10H2,1-3H3,(H,19,23)/t12-/m0/s1. The molecule has 0 aromatic carbocycles. The Bertz CT molecular complexity index is 822. The molecule has 0 fully saturated rings. The maximum absolute atomic E-state index is 12.4. The van der Waals surface area contributed by atoms with Gasteiger partial charge in [-0.1, -0.05) is 25.1 Å². The summed E-state index contributed by atoms with van der Waals surface area (Å²) in [5.41, 5.74) is 0. The molecule has 0 aliphatic rings. The molecule has 0 aliphatic carbocycles. The number of thiophene rings is 1. The van der Waals surface area contributed by atoms with E-state index in [1.165, 1.54) is 0 Å². The van der Waals surface area contributed by atoms with Crippen LogP contribution < -0.4 is 5.32 Å². The van der Waals surface area contributed by atoms with Crippen molar-refractivity contribution < 1.29 is 9.32 Å². The Kier molecular flexibility index (Phi) is 5.28. The van der Waals surface area contributed by atoms with E-state index in [1.807, 2.05) is 35.2 Å². The van der Waals surface area contributed by atoms with Crippen LogP contribution in [0.5, 0.6) is 0 Å². The lowest BCUT2D eigenvalue weighted by Crippen LogP contribution is -2.31. The number of hydrogen-bond acceptors (Lipinski definition) is 6. The summed E-state index contributed by atoms with van der Waals surface area (Å²) in [7, 11) is 0. The number of nitrogens with zero attached hydrogens (tertiary/aromatic N) is 4. The van der Waals surface area contributed by atoms with Gasteiger partial charge in [0.05, 0.1) is 13.0 Å². The predicted molar refractivity (Wildman–Crippen MR) is 94.3 cm³/mol. The molecule has 1 atom stereocenters. The fraction of sp³-hybridized carbons (Fsp3) is 0.412. The Labute approximate surface area is 150 Å². The molecule has 3 aromatic heterocycles. The fourth-order valence-electron chi connectivity index (χ4n) is 2.54. The zero-order valence-electron chi connectivity index (χ0n) is 14.5. The highest BCUT2D eigenvalue weighted by Gasteiger charge is 2.19. The number of carbonyl (C=O) groups excluding carboxylic acids is 1. The summed E-state index contributed by atoms with van der Waals surface area (Å²) >= 11 is 1.65. The van der Waals surface area contributed by atoms with E-state index >= 15 is 0 Å². The van der Waals surface area contributed by atoms with E-state index < -0.39 is 0 Å². The van der Waals surface area contributed by atoms with E-state index in [-0.39, 0.29) is 24.4 Å². The first-order chi connectivity index (χ1) is 12.0. The highest BCUT2D eigenvalue weighted by Crippen LogP contribution is 2.17. The summed E-state index contributed by atoms with van der Waals surface area (Å²) < 4.78 is 7.12. The monoisotopic (exact) mass is 359 g/mol. The largest absolute Gasteiger partial charge is 0.347 e. The summed E-state index contributed by atoms with van der Waals surface area (Å²) in [6.45, 7) is 6.19. The summed E-state index contributed by atoms with van der Waals surface area (Å²) in [5.74, 6) is 2.06. The number of hydrogen-bond donors (Lipinski definition) is 1. The van der Waals surface area contributed by atoms with Gasteiger partial charge in [0.2, 0.25) is 11.8 Å². The van der Waals surface area contributed by atoms with E-state index in [9.17, 15) is 4.79 Å². The van der Waals surface area contributed by atoms with Crippen LogP contribution in [0.2, 0.25) is 0 Å². The smallest absolute Gasteiger partial charge is 0.243 e. The molecule has 0 saturated carbocycles. The molecule has 0 bridgehead atoms. The molecule has 3 heterocycles. The van der Waals surface area contributed by atoms with Gasteiger partial charge in [0.25, 0.3) is 0 Å². The third-order valence-corrected chi connectivity index (χ3v) is 4.72. The second-order valence-corrected chi connectivity index (χ2v) is 7.13. The van der Waals surface area contributed by atoms with Gasteiger partial charge in [-0.3, -0.25) is 4.79 Å². The van der Waals surface area contributed by atoms with Gasteiger partial charge in [0.1, 0.15) is 11.9 Å². The number of nitrogens with one attached hydrogen (secondary N) is 1. The van der Waals surface area contributed by atoms with Crippen molar-refractivity contribution in [3.8, 4) is 0 Å². The van der Waals surface area contributed by atoms with Gasteiger partial charge < -0.3 is 14.4 Å². The maximum Gasteiger partial charge on any atom is 0.243 e. The summed E-state index contributed by atoms with van der Waals surface area (Å²) in [6.07, 6.45) is 4.16. The lowest BCUT2D eigenvalue weighted by molar-refractivity contribution is -0.124. The number of carbonyl (C=O) groups is 1. The van der Waals surface area contributed by atoms with Crippen molar-refractivity contribution >= 4 is 17.2 Å². The molecular formula is C17H21N5O2S.